The van der Waals surface area contributed by atoms with Gasteiger partial charge in [0.2, 0.25) is 10.0 Å². The number of benzene rings is 1. The van der Waals surface area contributed by atoms with Crippen LogP contribution >= 0.6 is 0 Å². The number of aromatic nitrogens is 1. The number of nitrogens with one attached hydrogen (secondary N) is 1. The number of nitrogens with zero attached hydrogens (tertiary/aromatic N) is 2. The van der Waals surface area contributed by atoms with Crippen LogP contribution in [0.5, 0.6) is 0 Å². The van der Waals surface area contributed by atoms with Crippen molar-refractivity contribution in [3.8, 4) is 0 Å². The summed E-state index contributed by atoms with van der Waals surface area (Å²) in [6.45, 7) is 6.06. The zero-order valence-electron chi connectivity index (χ0n) is 13.6. The summed E-state index contributed by atoms with van der Waals surface area (Å²) in [6.07, 6.45) is 4.32. The summed E-state index contributed by atoms with van der Waals surface area (Å²) in [4.78, 5) is 4.45. The van der Waals surface area contributed by atoms with E-state index in [0.717, 1.165) is 17.2 Å². The standard InChI is InChI=1S/C17H23N3O2S/c1-13(2)10-15-12-20(9-8-19-15)23(21,22)17-5-3-4-14-11-18-7-6-16(14)17/h3-7,11,13,15,19H,8-10,12H2,1-2H3/t15-/m1/s1. The van der Waals surface area contributed by atoms with Crippen molar-refractivity contribution in [2.75, 3.05) is 19.6 Å². The monoisotopic (exact) mass is 333 g/mol. The van der Waals surface area contributed by atoms with Crippen LogP contribution in [0.15, 0.2) is 41.6 Å². The maximum absolute atomic E-state index is 13.1. The fraction of sp³-hybridized carbons (Fsp3) is 0.471. The molecule has 23 heavy (non-hydrogen) atoms. The van der Waals surface area contributed by atoms with Crippen molar-refractivity contribution in [1.82, 2.24) is 14.6 Å². The van der Waals surface area contributed by atoms with Crippen molar-refractivity contribution in [3.05, 3.63) is 36.7 Å². The lowest BCUT2D eigenvalue weighted by Gasteiger charge is -2.34. The van der Waals surface area contributed by atoms with Crippen LogP contribution in [-0.2, 0) is 10.0 Å². The van der Waals surface area contributed by atoms with Crippen LogP contribution in [0.1, 0.15) is 20.3 Å². The van der Waals surface area contributed by atoms with Crippen LogP contribution in [0.4, 0.5) is 0 Å². The van der Waals surface area contributed by atoms with Crippen LogP contribution in [0.2, 0.25) is 0 Å². The van der Waals surface area contributed by atoms with E-state index in [9.17, 15) is 8.42 Å². The van der Waals surface area contributed by atoms with Gasteiger partial charge in [0.15, 0.2) is 0 Å². The molecule has 1 aliphatic rings. The molecule has 1 N–H and O–H groups in total. The molecule has 2 heterocycles. The highest BCUT2D eigenvalue weighted by atomic mass is 32.2. The van der Waals surface area contributed by atoms with Gasteiger partial charge in [-0.1, -0.05) is 26.0 Å². The minimum absolute atomic E-state index is 0.218. The molecule has 0 amide bonds. The van der Waals surface area contributed by atoms with E-state index in [0.29, 0.717) is 30.4 Å². The molecule has 124 valence electrons. The van der Waals surface area contributed by atoms with Crippen molar-refractivity contribution in [3.63, 3.8) is 0 Å². The second kappa shape index (κ2) is 6.55. The Balaban J connectivity index is 1.94. The summed E-state index contributed by atoms with van der Waals surface area (Å²) in [7, 11) is -3.49. The van der Waals surface area contributed by atoms with Crippen LogP contribution in [0.3, 0.4) is 0 Å². The summed E-state index contributed by atoms with van der Waals surface area (Å²) < 4.78 is 27.8. The third-order valence-electron chi connectivity index (χ3n) is 4.23. The first-order valence-corrected chi connectivity index (χ1v) is 9.49. The van der Waals surface area contributed by atoms with Crippen molar-refractivity contribution < 1.29 is 8.42 Å². The summed E-state index contributed by atoms with van der Waals surface area (Å²) in [5, 5.41) is 5.01. The van der Waals surface area contributed by atoms with Crippen molar-refractivity contribution in [2.24, 2.45) is 5.92 Å². The zero-order chi connectivity index (χ0) is 16.4. The molecule has 0 bridgehead atoms. The van der Waals surface area contributed by atoms with Gasteiger partial charge in [-0.05, 0) is 24.5 Å². The topological polar surface area (TPSA) is 62.3 Å². The minimum Gasteiger partial charge on any atom is -0.311 e. The number of hydrogen-bond acceptors (Lipinski definition) is 4. The minimum atomic E-state index is -3.49. The Morgan fingerprint density at radius 1 is 1.35 bits per heavy atom. The molecule has 0 aliphatic carbocycles. The van der Waals surface area contributed by atoms with E-state index in [2.05, 4.69) is 24.1 Å². The Labute approximate surface area is 137 Å². The SMILES string of the molecule is CC(C)C[C@@H]1CN(S(=O)(=O)c2cccc3cnccc23)CCN1. The molecule has 3 rings (SSSR count). The summed E-state index contributed by atoms with van der Waals surface area (Å²) >= 11 is 0. The number of pyridine rings is 1. The van der Waals surface area contributed by atoms with Gasteiger partial charge in [0.1, 0.15) is 0 Å². The average molecular weight is 333 g/mol. The second-order valence-corrected chi connectivity index (χ2v) is 8.40. The van der Waals surface area contributed by atoms with Gasteiger partial charge < -0.3 is 5.32 Å². The summed E-state index contributed by atoms with van der Waals surface area (Å²) in [6, 6.07) is 7.36. The van der Waals surface area contributed by atoms with Gasteiger partial charge in [0.25, 0.3) is 0 Å². The molecule has 1 aliphatic heterocycles. The predicted molar refractivity (Wildman–Crippen MR) is 91.7 cm³/mol. The molecule has 1 aromatic carbocycles. The number of sulfonamides is 1. The maximum atomic E-state index is 13.1. The van der Waals surface area contributed by atoms with Gasteiger partial charge in [0.05, 0.1) is 4.90 Å². The summed E-state index contributed by atoms with van der Waals surface area (Å²) in [5.41, 5.74) is 0. The zero-order valence-corrected chi connectivity index (χ0v) is 14.4. The van der Waals surface area contributed by atoms with E-state index < -0.39 is 10.0 Å². The fourth-order valence-electron chi connectivity index (χ4n) is 3.20. The quantitative estimate of drug-likeness (QED) is 0.932. The first-order chi connectivity index (χ1) is 11.0. The van der Waals surface area contributed by atoms with Gasteiger partial charge >= 0.3 is 0 Å². The Kier molecular flexibility index (Phi) is 4.66. The third-order valence-corrected chi connectivity index (χ3v) is 6.16. The predicted octanol–water partition coefficient (Wildman–Crippen LogP) is 2.24. The highest BCUT2D eigenvalue weighted by molar-refractivity contribution is 7.89. The molecule has 0 radical (unpaired) electrons. The van der Waals surface area contributed by atoms with Gasteiger partial charge in [0, 0.05) is 48.8 Å². The van der Waals surface area contributed by atoms with E-state index in [1.54, 1.807) is 34.9 Å². The van der Waals surface area contributed by atoms with Crippen molar-refractivity contribution in [2.45, 2.75) is 31.2 Å². The largest absolute Gasteiger partial charge is 0.311 e. The molecule has 1 aromatic heterocycles. The van der Waals surface area contributed by atoms with Crippen LogP contribution < -0.4 is 5.32 Å². The molecule has 1 saturated heterocycles. The first kappa shape index (κ1) is 16.4. The highest BCUT2D eigenvalue weighted by Crippen LogP contribution is 2.26. The molecule has 0 spiro atoms. The van der Waals surface area contributed by atoms with Crippen molar-refractivity contribution in [1.29, 1.82) is 0 Å². The fourth-order valence-corrected chi connectivity index (χ4v) is 4.90. The lowest BCUT2D eigenvalue weighted by atomic mass is 10.0. The molecule has 0 unspecified atom stereocenters. The van der Waals surface area contributed by atoms with Crippen molar-refractivity contribution >= 4 is 20.8 Å². The van der Waals surface area contributed by atoms with E-state index >= 15 is 0 Å². The van der Waals surface area contributed by atoms with Crippen LogP contribution in [-0.4, -0.2) is 43.4 Å². The number of piperazine rings is 1. The van der Waals surface area contributed by atoms with Gasteiger partial charge in [-0.3, -0.25) is 4.98 Å². The van der Waals surface area contributed by atoms with Gasteiger partial charge in [-0.25, -0.2) is 8.42 Å². The Hall–Kier alpha value is -1.50. The number of fused-ring (bicyclic) bond motifs is 1. The first-order valence-electron chi connectivity index (χ1n) is 8.05. The van der Waals surface area contributed by atoms with E-state index in [1.165, 1.54) is 0 Å². The molecule has 2 aromatic rings. The molecule has 5 nitrogen and oxygen atoms in total. The Bertz CT molecular complexity index is 784. The Morgan fingerprint density at radius 2 is 2.17 bits per heavy atom. The number of rotatable bonds is 4. The number of hydrogen-bond donors (Lipinski definition) is 1. The molecule has 0 saturated carbocycles. The average Bonchev–Trinajstić information content (AvgIpc) is 2.54. The highest BCUT2D eigenvalue weighted by Gasteiger charge is 2.31. The molecular formula is C17H23N3O2S. The van der Waals surface area contributed by atoms with E-state index in [1.807, 2.05) is 6.07 Å². The van der Waals surface area contributed by atoms with Gasteiger partial charge in [-0.15, -0.1) is 0 Å². The molecule has 6 heteroatoms. The molecule has 1 fully saturated rings. The summed E-state index contributed by atoms with van der Waals surface area (Å²) in [5.74, 6) is 0.541. The lowest BCUT2D eigenvalue weighted by Crippen LogP contribution is -2.52. The normalized spacial score (nSPS) is 20.2. The second-order valence-electron chi connectivity index (χ2n) is 6.50. The van der Waals surface area contributed by atoms with E-state index in [4.69, 9.17) is 0 Å². The van der Waals surface area contributed by atoms with Crippen LogP contribution in [0, 0.1) is 5.92 Å². The smallest absolute Gasteiger partial charge is 0.243 e. The van der Waals surface area contributed by atoms with E-state index in [-0.39, 0.29) is 6.04 Å². The Morgan fingerprint density at radius 3 is 2.96 bits per heavy atom. The maximum Gasteiger partial charge on any atom is 0.243 e. The van der Waals surface area contributed by atoms with Crippen LogP contribution in [0.25, 0.3) is 10.8 Å². The molecular weight excluding hydrogens is 310 g/mol. The molecule has 1 atom stereocenters. The third kappa shape index (κ3) is 3.39. The van der Waals surface area contributed by atoms with Gasteiger partial charge in [-0.2, -0.15) is 4.31 Å². The lowest BCUT2D eigenvalue weighted by molar-refractivity contribution is 0.272.